The predicted molar refractivity (Wildman–Crippen MR) is 63.8 cm³/mol. The number of aryl methyl sites for hydroxylation is 3. The molecule has 88 valence electrons. The van der Waals surface area contributed by atoms with E-state index in [2.05, 4.69) is 15.2 Å². The normalized spacial score (nSPS) is 11.5. The van der Waals surface area contributed by atoms with Crippen molar-refractivity contribution in [1.29, 1.82) is 0 Å². The molecule has 3 aromatic heterocycles. The number of fused-ring (bicyclic) bond motifs is 1. The fourth-order valence-electron chi connectivity index (χ4n) is 2.07. The maximum Gasteiger partial charge on any atom is 0.207 e. The Balaban J connectivity index is 2.39. The number of hydrogen-bond donors (Lipinski definition) is 1. The van der Waals surface area contributed by atoms with Gasteiger partial charge in [0.2, 0.25) is 5.95 Å². The van der Waals surface area contributed by atoms with E-state index in [1.165, 1.54) is 0 Å². The zero-order chi connectivity index (χ0) is 12.2. The molecule has 0 aliphatic heterocycles. The second-order valence-electron chi connectivity index (χ2n) is 4.06. The molecule has 3 aromatic rings. The molecule has 0 aliphatic carbocycles. The smallest absolute Gasteiger partial charge is 0.207 e. The minimum atomic E-state index is 0.448. The Kier molecular flexibility index (Phi) is 1.80. The fraction of sp³-hybridized carbons (Fsp3) is 0.300. The van der Waals surface area contributed by atoms with Gasteiger partial charge in [0.15, 0.2) is 5.65 Å². The van der Waals surface area contributed by atoms with E-state index in [4.69, 9.17) is 5.73 Å². The summed E-state index contributed by atoms with van der Waals surface area (Å²) in [7, 11) is 3.74. The molecule has 7 nitrogen and oxygen atoms in total. The van der Waals surface area contributed by atoms with Crippen molar-refractivity contribution >= 4 is 17.1 Å². The average Bonchev–Trinajstić information content (AvgIpc) is 2.87. The van der Waals surface area contributed by atoms with Crippen LogP contribution in [0.5, 0.6) is 0 Å². The highest BCUT2D eigenvalue weighted by molar-refractivity contribution is 5.79. The van der Waals surface area contributed by atoms with Gasteiger partial charge in [-0.15, -0.1) is 0 Å². The van der Waals surface area contributed by atoms with E-state index in [9.17, 15) is 0 Å². The number of nitrogens with two attached hydrogens (primary N) is 1. The molecule has 3 rings (SSSR count). The van der Waals surface area contributed by atoms with Crippen LogP contribution in [0, 0.1) is 6.92 Å². The summed E-state index contributed by atoms with van der Waals surface area (Å²) in [6, 6.07) is 0. The van der Waals surface area contributed by atoms with Gasteiger partial charge in [0.1, 0.15) is 5.52 Å². The van der Waals surface area contributed by atoms with Crippen molar-refractivity contribution in [2.75, 3.05) is 5.73 Å². The molecule has 0 bridgehead atoms. The van der Waals surface area contributed by atoms with E-state index in [0.717, 1.165) is 22.5 Å². The van der Waals surface area contributed by atoms with Crippen LogP contribution < -0.4 is 5.73 Å². The Morgan fingerprint density at radius 1 is 1.29 bits per heavy atom. The first kappa shape index (κ1) is 9.88. The highest BCUT2D eigenvalue weighted by Gasteiger charge is 2.17. The molecule has 0 fully saturated rings. The summed E-state index contributed by atoms with van der Waals surface area (Å²) in [5.41, 5.74) is 9.42. The number of nitrogen functional groups attached to an aromatic ring is 1. The van der Waals surface area contributed by atoms with Crippen molar-refractivity contribution in [3.63, 3.8) is 0 Å². The van der Waals surface area contributed by atoms with Crippen LogP contribution in [0.3, 0.4) is 0 Å². The summed E-state index contributed by atoms with van der Waals surface area (Å²) < 4.78 is 5.35. The van der Waals surface area contributed by atoms with E-state index < -0.39 is 0 Å². The van der Waals surface area contributed by atoms with Gasteiger partial charge >= 0.3 is 0 Å². The zero-order valence-electron chi connectivity index (χ0n) is 9.92. The lowest BCUT2D eigenvalue weighted by Crippen LogP contribution is -2.04. The van der Waals surface area contributed by atoms with E-state index in [1.807, 2.05) is 31.8 Å². The van der Waals surface area contributed by atoms with Crippen molar-refractivity contribution in [2.45, 2.75) is 6.92 Å². The van der Waals surface area contributed by atoms with Gasteiger partial charge < -0.3 is 5.73 Å². The lowest BCUT2D eigenvalue weighted by molar-refractivity contribution is 0.759. The van der Waals surface area contributed by atoms with Crippen LogP contribution in [0.1, 0.15) is 5.69 Å². The molecule has 0 radical (unpaired) electrons. The van der Waals surface area contributed by atoms with Crippen LogP contribution in [-0.2, 0) is 14.1 Å². The number of anilines is 1. The molecule has 0 saturated heterocycles. The molecular formula is C10H13N7. The lowest BCUT2D eigenvalue weighted by atomic mass is 10.4. The molecule has 0 saturated carbocycles. The maximum atomic E-state index is 5.95. The first-order valence-electron chi connectivity index (χ1n) is 5.24. The predicted octanol–water partition coefficient (Wildman–Crippen LogP) is 0.383. The summed E-state index contributed by atoms with van der Waals surface area (Å²) in [5.74, 6) is 0.448. The Morgan fingerprint density at radius 2 is 2.06 bits per heavy atom. The lowest BCUT2D eigenvalue weighted by Gasteiger charge is -2.02. The summed E-state index contributed by atoms with van der Waals surface area (Å²) in [4.78, 5) is 4.34. The van der Waals surface area contributed by atoms with Crippen LogP contribution >= 0.6 is 0 Å². The molecule has 7 heteroatoms. The minimum Gasteiger partial charge on any atom is -0.369 e. The van der Waals surface area contributed by atoms with Crippen LogP contribution in [-0.4, -0.2) is 29.1 Å². The molecule has 17 heavy (non-hydrogen) atoms. The van der Waals surface area contributed by atoms with Gasteiger partial charge in [-0.05, 0) is 6.92 Å². The zero-order valence-corrected chi connectivity index (χ0v) is 9.92. The molecular weight excluding hydrogens is 218 g/mol. The number of nitrogens with zero attached hydrogens (tertiary/aromatic N) is 6. The van der Waals surface area contributed by atoms with Crippen molar-refractivity contribution in [3.8, 4) is 5.69 Å². The standard InChI is InChI=1S/C10H13N7/c1-6-8-9(16(3)14-6)17(10(11)13-8)7-4-12-15(2)5-7/h4-5H,1-3H3,(H2,11,13). The number of aromatic nitrogens is 6. The average molecular weight is 231 g/mol. The van der Waals surface area contributed by atoms with Gasteiger partial charge in [-0.2, -0.15) is 10.2 Å². The highest BCUT2D eigenvalue weighted by atomic mass is 15.4. The molecule has 0 spiro atoms. The van der Waals surface area contributed by atoms with Gasteiger partial charge in [-0.25, -0.2) is 9.67 Å². The first-order valence-corrected chi connectivity index (χ1v) is 5.24. The van der Waals surface area contributed by atoms with Crippen molar-refractivity contribution in [3.05, 3.63) is 18.1 Å². The molecule has 0 unspecified atom stereocenters. The second kappa shape index (κ2) is 3.09. The SMILES string of the molecule is Cc1nn(C)c2c1nc(N)n2-c1cnn(C)c1. The molecule has 3 heterocycles. The summed E-state index contributed by atoms with van der Waals surface area (Å²) in [6.45, 7) is 1.92. The molecule has 0 atom stereocenters. The van der Waals surface area contributed by atoms with E-state index in [1.54, 1.807) is 15.6 Å². The Bertz CT molecular complexity index is 700. The van der Waals surface area contributed by atoms with E-state index >= 15 is 0 Å². The molecule has 2 N–H and O–H groups in total. The number of imidazole rings is 1. The van der Waals surface area contributed by atoms with Crippen LogP contribution in [0.15, 0.2) is 12.4 Å². The van der Waals surface area contributed by atoms with Gasteiger partial charge in [0.25, 0.3) is 0 Å². The van der Waals surface area contributed by atoms with Crippen LogP contribution in [0.4, 0.5) is 5.95 Å². The quantitative estimate of drug-likeness (QED) is 0.656. The second-order valence-corrected chi connectivity index (χ2v) is 4.06. The van der Waals surface area contributed by atoms with Gasteiger partial charge in [-0.1, -0.05) is 0 Å². The summed E-state index contributed by atoms with van der Waals surface area (Å²) >= 11 is 0. The van der Waals surface area contributed by atoms with Gasteiger partial charge in [0, 0.05) is 20.3 Å². The van der Waals surface area contributed by atoms with Crippen molar-refractivity contribution in [2.24, 2.45) is 14.1 Å². The first-order chi connectivity index (χ1) is 8.08. The molecule has 0 aromatic carbocycles. The highest BCUT2D eigenvalue weighted by Crippen LogP contribution is 2.24. The van der Waals surface area contributed by atoms with Crippen molar-refractivity contribution < 1.29 is 0 Å². The van der Waals surface area contributed by atoms with Gasteiger partial charge in [0.05, 0.1) is 17.6 Å². The third-order valence-corrected chi connectivity index (χ3v) is 2.78. The largest absolute Gasteiger partial charge is 0.369 e. The third-order valence-electron chi connectivity index (χ3n) is 2.78. The van der Waals surface area contributed by atoms with Crippen molar-refractivity contribution in [1.82, 2.24) is 29.1 Å². The monoisotopic (exact) mass is 231 g/mol. The Morgan fingerprint density at radius 3 is 2.71 bits per heavy atom. The number of hydrogen-bond acceptors (Lipinski definition) is 4. The Hall–Kier alpha value is -2.31. The fourth-order valence-corrected chi connectivity index (χ4v) is 2.07. The summed E-state index contributed by atoms with van der Waals surface area (Å²) in [5, 5.41) is 8.47. The minimum absolute atomic E-state index is 0.448. The summed E-state index contributed by atoms with van der Waals surface area (Å²) in [6.07, 6.45) is 3.64. The maximum absolute atomic E-state index is 5.95. The third kappa shape index (κ3) is 1.25. The number of rotatable bonds is 1. The van der Waals surface area contributed by atoms with E-state index in [0.29, 0.717) is 5.95 Å². The van der Waals surface area contributed by atoms with Crippen LogP contribution in [0.25, 0.3) is 16.9 Å². The molecule has 0 aliphatic rings. The van der Waals surface area contributed by atoms with Crippen LogP contribution in [0.2, 0.25) is 0 Å². The van der Waals surface area contributed by atoms with E-state index in [-0.39, 0.29) is 0 Å². The Labute approximate surface area is 97.5 Å². The topological polar surface area (TPSA) is 79.5 Å². The van der Waals surface area contributed by atoms with Gasteiger partial charge in [-0.3, -0.25) is 9.25 Å². The molecule has 0 amide bonds.